The van der Waals surface area contributed by atoms with Crippen molar-refractivity contribution in [3.05, 3.63) is 24.2 Å². The van der Waals surface area contributed by atoms with Gasteiger partial charge in [-0.05, 0) is 6.42 Å². The van der Waals surface area contributed by atoms with Gasteiger partial charge in [0.25, 0.3) is 0 Å². The van der Waals surface area contributed by atoms with E-state index >= 15 is 0 Å². The number of hydrogen-bond donors (Lipinski definition) is 1. The Morgan fingerprint density at radius 1 is 1.04 bits per heavy atom. The molecular weight excluding hydrogens is 318 g/mol. The molecule has 4 heterocycles. The van der Waals surface area contributed by atoms with Crippen LogP contribution < -0.4 is 10.6 Å². The summed E-state index contributed by atoms with van der Waals surface area (Å²) in [4.78, 5) is 13.8. The number of hydrogen-bond acceptors (Lipinski definition) is 7. The van der Waals surface area contributed by atoms with E-state index in [1.54, 1.807) is 10.9 Å². The van der Waals surface area contributed by atoms with E-state index in [2.05, 4.69) is 36.2 Å². The fourth-order valence-electron chi connectivity index (χ4n) is 3.31. The van der Waals surface area contributed by atoms with E-state index in [0.717, 1.165) is 50.2 Å². The van der Waals surface area contributed by atoms with Gasteiger partial charge in [0.05, 0.1) is 17.8 Å². The Morgan fingerprint density at radius 3 is 2.72 bits per heavy atom. The summed E-state index contributed by atoms with van der Waals surface area (Å²) >= 11 is 0. The monoisotopic (exact) mass is 341 g/mol. The summed E-state index contributed by atoms with van der Waals surface area (Å²) in [5.41, 5.74) is 8.12. The van der Waals surface area contributed by atoms with Gasteiger partial charge in [0.2, 0.25) is 5.95 Å². The zero-order valence-corrected chi connectivity index (χ0v) is 14.6. The lowest BCUT2D eigenvalue weighted by molar-refractivity contribution is 0.285. The van der Waals surface area contributed by atoms with Crippen molar-refractivity contribution in [1.82, 2.24) is 34.4 Å². The molecule has 0 spiro atoms. The predicted octanol–water partition coefficient (Wildman–Crippen LogP) is 0.391. The van der Waals surface area contributed by atoms with Crippen LogP contribution in [0.15, 0.2) is 18.6 Å². The number of fused-ring (bicyclic) bond motifs is 1. The first-order chi connectivity index (χ1) is 12.1. The maximum absolute atomic E-state index is 6.10. The summed E-state index contributed by atoms with van der Waals surface area (Å²) in [6.45, 7) is 4.73. The van der Waals surface area contributed by atoms with E-state index in [1.807, 2.05) is 25.0 Å². The van der Waals surface area contributed by atoms with Crippen molar-refractivity contribution in [3.63, 3.8) is 0 Å². The van der Waals surface area contributed by atoms with Gasteiger partial charge in [-0.2, -0.15) is 20.2 Å². The van der Waals surface area contributed by atoms with Gasteiger partial charge < -0.3 is 10.6 Å². The molecule has 4 rings (SSSR count). The molecule has 0 saturated carbocycles. The van der Waals surface area contributed by atoms with Crippen LogP contribution in [0.1, 0.15) is 12.0 Å². The summed E-state index contributed by atoms with van der Waals surface area (Å²) in [6.07, 6.45) is 6.78. The fraction of sp³-hybridized carbons (Fsp3) is 0.500. The van der Waals surface area contributed by atoms with Crippen molar-refractivity contribution < 1.29 is 0 Å². The van der Waals surface area contributed by atoms with Gasteiger partial charge in [-0.15, -0.1) is 0 Å². The van der Waals surface area contributed by atoms with Crippen LogP contribution in [-0.4, -0.2) is 60.6 Å². The van der Waals surface area contributed by atoms with Crippen LogP contribution in [0.4, 0.5) is 11.8 Å². The highest BCUT2D eigenvalue weighted by atomic mass is 15.3. The molecule has 3 aromatic rings. The van der Waals surface area contributed by atoms with E-state index in [1.165, 1.54) is 5.56 Å². The van der Waals surface area contributed by atoms with Gasteiger partial charge in [0.1, 0.15) is 5.82 Å². The van der Waals surface area contributed by atoms with E-state index in [-0.39, 0.29) is 0 Å². The zero-order valence-electron chi connectivity index (χ0n) is 14.6. The first-order valence-electron chi connectivity index (χ1n) is 8.50. The van der Waals surface area contributed by atoms with E-state index < -0.39 is 0 Å². The van der Waals surface area contributed by atoms with Crippen LogP contribution in [-0.2, 0) is 20.6 Å². The van der Waals surface area contributed by atoms with Crippen LogP contribution in [0.2, 0.25) is 0 Å². The third-order valence-electron chi connectivity index (χ3n) is 4.65. The van der Waals surface area contributed by atoms with Crippen molar-refractivity contribution in [1.29, 1.82) is 0 Å². The average Bonchev–Trinajstić information content (AvgIpc) is 3.08. The minimum Gasteiger partial charge on any atom is -0.383 e. The molecule has 0 radical (unpaired) electrons. The number of aryl methyl sites for hydroxylation is 2. The number of aromatic nitrogens is 6. The molecule has 1 aliphatic heterocycles. The Bertz CT molecular complexity index is 881. The third-order valence-corrected chi connectivity index (χ3v) is 4.65. The lowest BCUT2D eigenvalue weighted by atomic mass is 10.3. The molecular formula is C16H23N9. The minimum absolute atomic E-state index is 0.490. The molecule has 1 aliphatic rings. The van der Waals surface area contributed by atoms with Crippen LogP contribution in [0.25, 0.3) is 11.0 Å². The molecule has 0 amide bonds. The highest BCUT2D eigenvalue weighted by Gasteiger charge is 2.19. The van der Waals surface area contributed by atoms with Gasteiger partial charge in [-0.1, -0.05) is 0 Å². The molecule has 1 fully saturated rings. The lowest BCUT2D eigenvalue weighted by Gasteiger charge is -2.21. The molecule has 9 heteroatoms. The van der Waals surface area contributed by atoms with Gasteiger partial charge in [0, 0.05) is 58.6 Å². The zero-order chi connectivity index (χ0) is 17.4. The first kappa shape index (κ1) is 15.8. The smallest absolute Gasteiger partial charge is 0.229 e. The SMILES string of the molecule is Cn1cc(CN2CCCN(c3nc(N)c4cnn(C)c4n3)CC2)cn1. The van der Waals surface area contributed by atoms with Crippen LogP contribution in [0, 0.1) is 0 Å². The number of nitrogen functional groups attached to an aromatic ring is 1. The molecule has 2 N–H and O–H groups in total. The normalized spacial score (nSPS) is 16.5. The second kappa shape index (κ2) is 6.32. The Morgan fingerprint density at radius 2 is 1.92 bits per heavy atom. The first-order valence-corrected chi connectivity index (χ1v) is 8.50. The maximum atomic E-state index is 6.10. The van der Waals surface area contributed by atoms with Crippen molar-refractivity contribution in [3.8, 4) is 0 Å². The molecule has 0 aliphatic carbocycles. The van der Waals surface area contributed by atoms with Gasteiger partial charge in [-0.3, -0.25) is 14.3 Å². The van der Waals surface area contributed by atoms with Gasteiger partial charge in [0.15, 0.2) is 5.65 Å². The van der Waals surface area contributed by atoms with Crippen LogP contribution >= 0.6 is 0 Å². The van der Waals surface area contributed by atoms with Crippen molar-refractivity contribution >= 4 is 22.8 Å². The minimum atomic E-state index is 0.490. The fourth-order valence-corrected chi connectivity index (χ4v) is 3.31. The molecule has 0 unspecified atom stereocenters. The third kappa shape index (κ3) is 3.14. The quantitative estimate of drug-likeness (QED) is 0.736. The van der Waals surface area contributed by atoms with Crippen LogP contribution in [0.5, 0.6) is 0 Å². The highest BCUT2D eigenvalue weighted by Crippen LogP contribution is 2.21. The van der Waals surface area contributed by atoms with E-state index in [9.17, 15) is 0 Å². The Labute approximate surface area is 146 Å². The van der Waals surface area contributed by atoms with Gasteiger partial charge in [-0.25, -0.2) is 0 Å². The summed E-state index contributed by atoms with van der Waals surface area (Å²) in [5.74, 6) is 1.18. The topological polar surface area (TPSA) is 93.9 Å². The molecule has 25 heavy (non-hydrogen) atoms. The Balaban J connectivity index is 1.50. The van der Waals surface area contributed by atoms with Crippen molar-refractivity contribution in [2.45, 2.75) is 13.0 Å². The summed E-state index contributed by atoms with van der Waals surface area (Å²) in [6, 6.07) is 0. The maximum Gasteiger partial charge on any atom is 0.229 e. The van der Waals surface area contributed by atoms with Crippen molar-refractivity contribution in [2.75, 3.05) is 36.8 Å². The molecule has 0 bridgehead atoms. The standard InChI is InChI=1S/C16H23N9/c1-22-10-12(8-18-22)11-24-4-3-5-25(7-6-24)16-20-14(17)13-9-19-23(2)15(13)21-16/h8-10H,3-7,11H2,1-2H3,(H2,17,20,21). The molecule has 132 valence electrons. The van der Waals surface area contributed by atoms with Gasteiger partial charge >= 0.3 is 0 Å². The molecule has 3 aromatic heterocycles. The molecule has 0 aromatic carbocycles. The number of nitrogens with two attached hydrogens (primary N) is 1. The highest BCUT2D eigenvalue weighted by molar-refractivity contribution is 5.86. The molecule has 9 nitrogen and oxygen atoms in total. The number of nitrogens with zero attached hydrogens (tertiary/aromatic N) is 8. The lowest BCUT2D eigenvalue weighted by Crippen LogP contribution is -2.31. The predicted molar refractivity (Wildman–Crippen MR) is 96.0 cm³/mol. The van der Waals surface area contributed by atoms with Crippen LogP contribution in [0.3, 0.4) is 0 Å². The second-order valence-electron chi connectivity index (χ2n) is 6.55. The Kier molecular flexibility index (Phi) is 4.00. The summed E-state index contributed by atoms with van der Waals surface area (Å²) in [7, 11) is 3.82. The summed E-state index contributed by atoms with van der Waals surface area (Å²) in [5, 5.41) is 9.27. The Hall–Kier alpha value is -2.68. The van der Waals surface area contributed by atoms with E-state index in [4.69, 9.17) is 5.73 Å². The van der Waals surface area contributed by atoms with Crippen molar-refractivity contribution in [2.24, 2.45) is 14.1 Å². The molecule has 0 atom stereocenters. The molecule has 1 saturated heterocycles. The summed E-state index contributed by atoms with van der Waals surface area (Å²) < 4.78 is 3.59. The van der Waals surface area contributed by atoms with E-state index in [0.29, 0.717) is 11.8 Å². The second-order valence-corrected chi connectivity index (χ2v) is 6.55. The number of rotatable bonds is 3. The largest absolute Gasteiger partial charge is 0.383 e. The number of anilines is 2. The average molecular weight is 341 g/mol.